The van der Waals surface area contributed by atoms with E-state index in [1.165, 1.54) is 10.3 Å². The number of para-hydroxylation sites is 1. The molecule has 21 heavy (non-hydrogen) atoms. The number of anilines is 3. The molecular formula is C15H15N5S. The topological polar surface area (TPSA) is 62.7 Å². The molecule has 0 unspecified atom stereocenters. The molecule has 0 saturated heterocycles. The van der Waals surface area contributed by atoms with Crippen LogP contribution in [0, 0.1) is 6.92 Å². The highest BCUT2D eigenvalue weighted by molar-refractivity contribution is 7.22. The second kappa shape index (κ2) is 4.96. The van der Waals surface area contributed by atoms with Gasteiger partial charge in [-0.3, -0.25) is 0 Å². The van der Waals surface area contributed by atoms with Gasteiger partial charge in [0.15, 0.2) is 16.8 Å². The van der Waals surface area contributed by atoms with Gasteiger partial charge in [-0.2, -0.15) is 0 Å². The number of nitrogens with zero attached hydrogens (tertiary/aromatic N) is 3. The zero-order chi connectivity index (χ0) is 14.2. The number of hydrogen-bond donors (Lipinski definition) is 2. The van der Waals surface area contributed by atoms with E-state index in [0.29, 0.717) is 0 Å². The van der Waals surface area contributed by atoms with Crippen molar-refractivity contribution in [3.8, 4) is 0 Å². The molecule has 2 aromatic heterocycles. The van der Waals surface area contributed by atoms with E-state index >= 15 is 0 Å². The van der Waals surface area contributed by atoms with E-state index < -0.39 is 0 Å². The maximum Gasteiger partial charge on any atom is 0.189 e. The monoisotopic (exact) mass is 297 g/mol. The van der Waals surface area contributed by atoms with Crippen LogP contribution in [0.3, 0.4) is 0 Å². The van der Waals surface area contributed by atoms with Gasteiger partial charge in [0.05, 0.1) is 10.2 Å². The molecule has 0 radical (unpaired) electrons. The van der Waals surface area contributed by atoms with Crippen molar-refractivity contribution in [2.24, 2.45) is 0 Å². The van der Waals surface area contributed by atoms with Crippen molar-refractivity contribution in [1.29, 1.82) is 0 Å². The predicted octanol–water partition coefficient (Wildman–Crippen LogP) is 3.50. The first kappa shape index (κ1) is 12.5. The van der Waals surface area contributed by atoms with Gasteiger partial charge in [-0.1, -0.05) is 23.5 Å². The summed E-state index contributed by atoms with van der Waals surface area (Å²) in [4.78, 5) is 4.59. The first-order valence-electron chi connectivity index (χ1n) is 7.04. The Bertz CT molecular complexity index is 778. The smallest absolute Gasteiger partial charge is 0.189 e. The van der Waals surface area contributed by atoms with E-state index in [1.807, 2.05) is 18.2 Å². The summed E-state index contributed by atoms with van der Waals surface area (Å²) in [7, 11) is 0. The summed E-state index contributed by atoms with van der Waals surface area (Å²) in [6.45, 7) is 3.07. The zero-order valence-corrected chi connectivity index (χ0v) is 12.5. The SMILES string of the molecule is Cc1c(Nc2nc3ccccc3s2)nnc2c1CCCN2. The maximum absolute atomic E-state index is 4.59. The molecule has 5 nitrogen and oxygen atoms in total. The van der Waals surface area contributed by atoms with Crippen LogP contribution in [0.15, 0.2) is 24.3 Å². The predicted molar refractivity (Wildman–Crippen MR) is 86.5 cm³/mol. The molecule has 0 fully saturated rings. The van der Waals surface area contributed by atoms with Crippen molar-refractivity contribution in [2.45, 2.75) is 19.8 Å². The van der Waals surface area contributed by atoms with E-state index in [2.05, 4.69) is 38.8 Å². The minimum atomic E-state index is 0.802. The molecular weight excluding hydrogens is 282 g/mol. The molecule has 0 bridgehead atoms. The number of hydrogen-bond acceptors (Lipinski definition) is 6. The molecule has 1 aliphatic heterocycles. The molecule has 2 N–H and O–H groups in total. The maximum atomic E-state index is 4.59. The van der Waals surface area contributed by atoms with Gasteiger partial charge < -0.3 is 10.6 Å². The van der Waals surface area contributed by atoms with Gasteiger partial charge >= 0.3 is 0 Å². The van der Waals surface area contributed by atoms with Crippen LogP contribution in [0.4, 0.5) is 16.8 Å². The number of aromatic nitrogens is 3. The lowest BCUT2D eigenvalue weighted by molar-refractivity contribution is 0.795. The van der Waals surface area contributed by atoms with Crippen LogP contribution in [0.2, 0.25) is 0 Å². The summed E-state index contributed by atoms with van der Waals surface area (Å²) >= 11 is 1.63. The summed E-state index contributed by atoms with van der Waals surface area (Å²) in [5.41, 5.74) is 3.43. The van der Waals surface area contributed by atoms with Gasteiger partial charge in [0, 0.05) is 17.7 Å². The summed E-state index contributed by atoms with van der Waals surface area (Å²) in [6.07, 6.45) is 2.19. The lowest BCUT2D eigenvalue weighted by Gasteiger charge is -2.19. The van der Waals surface area contributed by atoms with Gasteiger partial charge in [-0.05, 0) is 31.9 Å². The fourth-order valence-electron chi connectivity index (χ4n) is 2.62. The Morgan fingerprint density at radius 1 is 1.24 bits per heavy atom. The molecule has 0 amide bonds. The molecule has 0 aliphatic carbocycles. The Kier molecular flexibility index (Phi) is 2.96. The lowest BCUT2D eigenvalue weighted by atomic mass is 10.0. The first-order valence-corrected chi connectivity index (χ1v) is 7.85. The Morgan fingerprint density at radius 2 is 2.14 bits per heavy atom. The third-order valence-electron chi connectivity index (χ3n) is 3.76. The summed E-state index contributed by atoms with van der Waals surface area (Å²) in [5.74, 6) is 1.73. The van der Waals surface area contributed by atoms with Gasteiger partial charge in [-0.25, -0.2) is 4.98 Å². The highest BCUT2D eigenvalue weighted by Gasteiger charge is 2.17. The van der Waals surface area contributed by atoms with E-state index in [0.717, 1.165) is 47.2 Å². The number of benzene rings is 1. The van der Waals surface area contributed by atoms with E-state index in [-0.39, 0.29) is 0 Å². The fourth-order valence-corrected chi connectivity index (χ4v) is 3.49. The zero-order valence-electron chi connectivity index (χ0n) is 11.7. The van der Waals surface area contributed by atoms with Crippen molar-refractivity contribution in [1.82, 2.24) is 15.2 Å². The molecule has 106 valence electrons. The number of thiazole rings is 1. The molecule has 0 atom stereocenters. The standard InChI is InChI=1S/C15H15N5S/c1-9-10-5-4-8-16-14(10)20-19-13(9)18-15-17-11-6-2-3-7-12(11)21-15/h2-3,6-7H,4-5,8H2,1H3,(H,16,20)(H,17,18,19). The third-order valence-corrected chi connectivity index (χ3v) is 4.71. The fraction of sp³-hybridized carbons (Fsp3) is 0.267. The molecule has 0 saturated carbocycles. The van der Waals surface area contributed by atoms with Crippen molar-refractivity contribution >= 4 is 38.3 Å². The minimum Gasteiger partial charge on any atom is -0.368 e. The van der Waals surface area contributed by atoms with E-state index in [9.17, 15) is 0 Å². The van der Waals surface area contributed by atoms with Crippen molar-refractivity contribution in [2.75, 3.05) is 17.2 Å². The number of nitrogens with one attached hydrogen (secondary N) is 2. The van der Waals surface area contributed by atoms with Crippen molar-refractivity contribution in [3.05, 3.63) is 35.4 Å². The lowest BCUT2D eigenvalue weighted by Crippen LogP contribution is -2.16. The average Bonchev–Trinajstić information content (AvgIpc) is 2.93. The van der Waals surface area contributed by atoms with Crippen LogP contribution in [-0.4, -0.2) is 21.7 Å². The van der Waals surface area contributed by atoms with Crippen LogP contribution in [-0.2, 0) is 6.42 Å². The molecule has 1 aliphatic rings. The highest BCUT2D eigenvalue weighted by Crippen LogP contribution is 2.31. The summed E-state index contributed by atoms with van der Waals surface area (Å²) in [5, 5.41) is 16.1. The Morgan fingerprint density at radius 3 is 3.05 bits per heavy atom. The van der Waals surface area contributed by atoms with Crippen LogP contribution in [0.25, 0.3) is 10.2 Å². The van der Waals surface area contributed by atoms with Crippen LogP contribution in [0.5, 0.6) is 0 Å². The molecule has 1 aromatic carbocycles. The summed E-state index contributed by atoms with van der Waals surface area (Å²) in [6, 6.07) is 8.13. The van der Waals surface area contributed by atoms with Gasteiger partial charge in [-0.15, -0.1) is 10.2 Å². The molecule has 3 aromatic rings. The normalized spacial score (nSPS) is 13.8. The van der Waals surface area contributed by atoms with E-state index in [4.69, 9.17) is 0 Å². The Balaban J connectivity index is 1.70. The molecule has 3 heterocycles. The Hall–Kier alpha value is -2.21. The average molecular weight is 297 g/mol. The number of fused-ring (bicyclic) bond motifs is 2. The van der Waals surface area contributed by atoms with Crippen LogP contribution in [0.1, 0.15) is 17.5 Å². The third kappa shape index (κ3) is 2.21. The largest absolute Gasteiger partial charge is 0.368 e. The molecule has 0 spiro atoms. The first-order chi connectivity index (χ1) is 10.3. The second-order valence-electron chi connectivity index (χ2n) is 5.14. The van der Waals surface area contributed by atoms with Gasteiger partial charge in [0.2, 0.25) is 0 Å². The number of rotatable bonds is 2. The second-order valence-corrected chi connectivity index (χ2v) is 6.17. The van der Waals surface area contributed by atoms with Gasteiger partial charge in [0.1, 0.15) is 0 Å². The highest BCUT2D eigenvalue weighted by atomic mass is 32.1. The Labute approximate surface area is 126 Å². The van der Waals surface area contributed by atoms with Crippen LogP contribution < -0.4 is 10.6 Å². The van der Waals surface area contributed by atoms with Crippen molar-refractivity contribution < 1.29 is 0 Å². The minimum absolute atomic E-state index is 0.802. The molecule has 4 rings (SSSR count). The summed E-state index contributed by atoms with van der Waals surface area (Å²) < 4.78 is 1.17. The molecule has 6 heteroatoms. The van der Waals surface area contributed by atoms with Crippen LogP contribution >= 0.6 is 11.3 Å². The van der Waals surface area contributed by atoms with Gasteiger partial charge in [0.25, 0.3) is 0 Å². The quantitative estimate of drug-likeness (QED) is 0.758. The van der Waals surface area contributed by atoms with Crippen molar-refractivity contribution in [3.63, 3.8) is 0 Å². The van der Waals surface area contributed by atoms with E-state index in [1.54, 1.807) is 11.3 Å².